The summed E-state index contributed by atoms with van der Waals surface area (Å²) >= 11 is 0. The van der Waals surface area contributed by atoms with E-state index in [0.29, 0.717) is 18.9 Å². The van der Waals surface area contributed by atoms with Crippen LogP contribution in [0, 0.1) is 11.8 Å². The minimum atomic E-state index is -0.805. The van der Waals surface area contributed by atoms with E-state index in [2.05, 4.69) is 24.5 Å². The summed E-state index contributed by atoms with van der Waals surface area (Å²) in [6, 6.07) is 0.146. The lowest BCUT2D eigenvalue weighted by Gasteiger charge is -2.18. The van der Waals surface area contributed by atoms with Gasteiger partial charge >= 0.3 is 5.97 Å². The molecular weight excluding hydrogens is 244 g/mol. The first-order valence-electron chi connectivity index (χ1n) is 7.07. The number of amides is 1. The summed E-state index contributed by atoms with van der Waals surface area (Å²) < 4.78 is 0. The quantitative estimate of drug-likeness (QED) is 0.565. The lowest BCUT2D eigenvalue weighted by atomic mass is 9.94. The zero-order valence-electron chi connectivity index (χ0n) is 12.5. The molecule has 19 heavy (non-hydrogen) atoms. The monoisotopic (exact) mass is 272 g/mol. The van der Waals surface area contributed by atoms with Crippen molar-refractivity contribution in [3.63, 3.8) is 0 Å². The number of aliphatic carboxylic acids is 1. The van der Waals surface area contributed by atoms with E-state index < -0.39 is 5.97 Å². The van der Waals surface area contributed by atoms with Crippen LogP contribution in [0.5, 0.6) is 0 Å². The van der Waals surface area contributed by atoms with Crippen LogP contribution in [0.4, 0.5) is 0 Å². The lowest BCUT2D eigenvalue weighted by molar-refractivity contribution is -0.138. The van der Waals surface area contributed by atoms with E-state index in [1.807, 2.05) is 13.8 Å². The van der Waals surface area contributed by atoms with Gasteiger partial charge in [-0.15, -0.1) is 0 Å². The summed E-state index contributed by atoms with van der Waals surface area (Å²) in [5.41, 5.74) is 0. The first-order chi connectivity index (χ1) is 8.85. The highest BCUT2D eigenvalue weighted by Crippen LogP contribution is 2.14. The maximum Gasteiger partial charge on any atom is 0.303 e. The molecule has 0 heterocycles. The standard InChI is InChI=1S/C14H28N2O3/c1-5-15-11(4)7-13(17)16-9-12(6-10(2)3)8-14(18)19/h10-12,15H,5-9H2,1-4H3,(H,16,17)(H,18,19). The molecule has 0 rings (SSSR count). The number of carboxylic acid groups (broad SMARTS) is 1. The molecule has 5 nitrogen and oxygen atoms in total. The Morgan fingerprint density at radius 2 is 1.79 bits per heavy atom. The second-order valence-corrected chi connectivity index (χ2v) is 5.56. The van der Waals surface area contributed by atoms with Gasteiger partial charge in [0, 0.05) is 25.4 Å². The van der Waals surface area contributed by atoms with Crippen LogP contribution in [0.3, 0.4) is 0 Å². The molecule has 0 saturated heterocycles. The number of nitrogens with one attached hydrogen (secondary N) is 2. The summed E-state index contributed by atoms with van der Waals surface area (Å²) in [7, 11) is 0. The third kappa shape index (κ3) is 10.5. The van der Waals surface area contributed by atoms with Crippen LogP contribution in [0.2, 0.25) is 0 Å². The third-order valence-corrected chi connectivity index (χ3v) is 2.90. The molecule has 0 aliphatic rings. The maximum absolute atomic E-state index is 11.7. The number of carbonyl (C=O) groups excluding carboxylic acids is 1. The second kappa shape index (κ2) is 9.78. The fourth-order valence-corrected chi connectivity index (χ4v) is 2.18. The Kier molecular flexibility index (Phi) is 9.21. The average molecular weight is 272 g/mol. The van der Waals surface area contributed by atoms with Crippen molar-refractivity contribution in [3.05, 3.63) is 0 Å². The average Bonchev–Trinajstić information content (AvgIpc) is 2.24. The molecule has 0 aromatic heterocycles. The first-order valence-corrected chi connectivity index (χ1v) is 7.07. The van der Waals surface area contributed by atoms with Crippen molar-refractivity contribution < 1.29 is 14.7 Å². The van der Waals surface area contributed by atoms with Crippen LogP contribution >= 0.6 is 0 Å². The van der Waals surface area contributed by atoms with Crippen molar-refractivity contribution in [1.29, 1.82) is 0 Å². The molecule has 0 radical (unpaired) electrons. The zero-order chi connectivity index (χ0) is 14.8. The normalized spacial score (nSPS) is 14.2. The van der Waals surface area contributed by atoms with Crippen LogP contribution in [-0.4, -0.2) is 36.1 Å². The Balaban J connectivity index is 4.08. The molecule has 0 aromatic carbocycles. The highest BCUT2D eigenvalue weighted by molar-refractivity contribution is 5.76. The lowest BCUT2D eigenvalue weighted by Crippen LogP contribution is -2.36. The maximum atomic E-state index is 11.7. The molecule has 0 fully saturated rings. The van der Waals surface area contributed by atoms with Crippen molar-refractivity contribution >= 4 is 11.9 Å². The van der Waals surface area contributed by atoms with Crippen LogP contribution < -0.4 is 10.6 Å². The molecule has 0 aromatic rings. The molecule has 3 N–H and O–H groups in total. The van der Waals surface area contributed by atoms with Crippen LogP contribution in [0.1, 0.15) is 47.0 Å². The van der Waals surface area contributed by atoms with Gasteiger partial charge in [-0.1, -0.05) is 20.8 Å². The van der Waals surface area contributed by atoms with Gasteiger partial charge in [0.05, 0.1) is 0 Å². The molecule has 0 aliphatic carbocycles. The molecule has 0 spiro atoms. The van der Waals surface area contributed by atoms with E-state index in [1.54, 1.807) is 0 Å². The Labute approximate surface area is 116 Å². The molecular formula is C14H28N2O3. The predicted octanol–water partition coefficient (Wildman–Crippen LogP) is 1.63. The van der Waals surface area contributed by atoms with Gasteiger partial charge in [-0.2, -0.15) is 0 Å². The van der Waals surface area contributed by atoms with Gasteiger partial charge in [0.25, 0.3) is 0 Å². The summed E-state index contributed by atoms with van der Waals surface area (Å²) in [6.07, 6.45) is 1.35. The van der Waals surface area contributed by atoms with Crippen molar-refractivity contribution in [1.82, 2.24) is 10.6 Å². The number of rotatable bonds is 10. The number of carbonyl (C=O) groups is 2. The van der Waals surface area contributed by atoms with E-state index in [4.69, 9.17) is 5.11 Å². The molecule has 0 aliphatic heterocycles. The van der Waals surface area contributed by atoms with E-state index >= 15 is 0 Å². The molecule has 1 amide bonds. The number of carboxylic acids is 1. The summed E-state index contributed by atoms with van der Waals surface area (Å²) in [5.74, 6) is -0.383. The molecule has 0 saturated carbocycles. The number of hydrogen-bond acceptors (Lipinski definition) is 3. The van der Waals surface area contributed by atoms with Crippen LogP contribution in [-0.2, 0) is 9.59 Å². The second-order valence-electron chi connectivity index (χ2n) is 5.56. The first kappa shape index (κ1) is 17.9. The smallest absolute Gasteiger partial charge is 0.303 e. The van der Waals surface area contributed by atoms with Crippen LogP contribution in [0.25, 0.3) is 0 Å². The minimum absolute atomic E-state index is 0.0101. The molecule has 5 heteroatoms. The summed E-state index contributed by atoms with van der Waals surface area (Å²) in [6.45, 7) is 9.37. The number of hydrogen-bond donors (Lipinski definition) is 3. The van der Waals surface area contributed by atoms with Gasteiger partial charge in [0.15, 0.2) is 0 Å². The zero-order valence-corrected chi connectivity index (χ0v) is 12.5. The third-order valence-electron chi connectivity index (χ3n) is 2.90. The molecule has 2 atom stereocenters. The van der Waals surface area contributed by atoms with Gasteiger partial charge < -0.3 is 15.7 Å². The Bertz CT molecular complexity index is 280. The van der Waals surface area contributed by atoms with E-state index in [-0.39, 0.29) is 24.3 Å². The van der Waals surface area contributed by atoms with Gasteiger partial charge in [-0.3, -0.25) is 9.59 Å². The molecule has 112 valence electrons. The Morgan fingerprint density at radius 1 is 1.16 bits per heavy atom. The minimum Gasteiger partial charge on any atom is -0.481 e. The van der Waals surface area contributed by atoms with Crippen molar-refractivity contribution in [2.24, 2.45) is 11.8 Å². The Morgan fingerprint density at radius 3 is 2.26 bits per heavy atom. The van der Waals surface area contributed by atoms with Gasteiger partial charge in [-0.05, 0) is 31.7 Å². The van der Waals surface area contributed by atoms with Gasteiger partial charge in [0.2, 0.25) is 5.91 Å². The largest absolute Gasteiger partial charge is 0.481 e. The highest BCUT2D eigenvalue weighted by Gasteiger charge is 2.16. The van der Waals surface area contributed by atoms with E-state index in [1.165, 1.54) is 0 Å². The Hall–Kier alpha value is -1.10. The van der Waals surface area contributed by atoms with Crippen LogP contribution in [0.15, 0.2) is 0 Å². The van der Waals surface area contributed by atoms with Crippen molar-refractivity contribution in [2.75, 3.05) is 13.1 Å². The molecule has 2 unspecified atom stereocenters. The summed E-state index contributed by atoms with van der Waals surface area (Å²) in [4.78, 5) is 22.5. The fourth-order valence-electron chi connectivity index (χ4n) is 2.18. The van der Waals surface area contributed by atoms with Crippen molar-refractivity contribution in [3.8, 4) is 0 Å². The van der Waals surface area contributed by atoms with E-state index in [9.17, 15) is 9.59 Å². The SMILES string of the molecule is CCNC(C)CC(=O)NCC(CC(=O)O)CC(C)C. The molecule has 0 bridgehead atoms. The highest BCUT2D eigenvalue weighted by atomic mass is 16.4. The summed E-state index contributed by atoms with van der Waals surface area (Å²) in [5, 5.41) is 14.9. The predicted molar refractivity (Wildman–Crippen MR) is 76.0 cm³/mol. The van der Waals surface area contributed by atoms with Gasteiger partial charge in [0.1, 0.15) is 0 Å². The fraction of sp³-hybridized carbons (Fsp3) is 0.857. The topological polar surface area (TPSA) is 78.4 Å². The van der Waals surface area contributed by atoms with E-state index in [0.717, 1.165) is 13.0 Å². The van der Waals surface area contributed by atoms with Gasteiger partial charge in [-0.25, -0.2) is 0 Å². The van der Waals surface area contributed by atoms with Crippen molar-refractivity contribution in [2.45, 2.75) is 53.0 Å².